The molecule has 1 saturated heterocycles. The molecule has 1 aromatic heterocycles. The van der Waals surface area contributed by atoms with E-state index in [-0.39, 0.29) is 6.61 Å². The molecule has 1 aliphatic rings. The third kappa shape index (κ3) is 2.53. The van der Waals surface area contributed by atoms with Crippen molar-refractivity contribution in [1.82, 2.24) is 4.98 Å². The summed E-state index contributed by atoms with van der Waals surface area (Å²) in [4.78, 5) is 7.88. The van der Waals surface area contributed by atoms with Crippen LogP contribution in [0.1, 0.15) is 23.9 Å². The summed E-state index contributed by atoms with van der Waals surface area (Å²) in [5.74, 6) is 0. The van der Waals surface area contributed by atoms with Gasteiger partial charge in [0.1, 0.15) is 0 Å². The van der Waals surface area contributed by atoms with E-state index in [4.69, 9.17) is 4.74 Å². The Morgan fingerprint density at radius 1 is 1.44 bits per heavy atom. The maximum Gasteiger partial charge on any atom is 0.186 e. The first-order valence-corrected chi connectivity index (χ1v) is 6.59. The molecule has 1 N–H and O–H groups in total. The summed E-state index contributed by atoms with van der Waals surface area (Å²) >= 11 is 1.62. The Labute approximate surface area is 99.9 Å². The van der Waals surface area contributed by atoms with Gasteiger partial charge in [0, 0.05) is 13.1 Å². The molecule has 16 heavy (non-hydrogen) atoms. The van der Waals surface area contributed by atoms with Gasteiger partial charge in [-0.05, 0) is 6.42 Å². The van der Waals surface area contributed by atoms with Crippen molar-refractivity contribution in [1.29, 1.82) is 0 Å². The van der Waals surface area contributed by atoms with E-state index in [0.29, 0.717) is 0 Å². The van der Waals surface area contributed by atoms with Crippen LogP contribution in [0.3, 0.4) is 0 Å². The van der Waals surface area contributed by atoms with Crippen molar-refractivity contribution in [3.05, 3.63) is 10.6 Å². The predicted octanol–water partition coefficient (Wildman–Crippen LogP) is 1.42. The minimum Gasteiger partial charge on any atom is -0.391 e. The van der Waals surface area contributed by atoms with E-state index in [2.05, 4.69) is 16.8 Å². The molecule has 5 heteroatoms. The highest BCUT2D eigenvalue weighted by atomic mass is 32.1. The molecule has 1 aromatic rings. The van der Waals surface area contributed by atoms with E-state index in [0.717, 1.165) is 54.8 Å². The Bertz CT molecular complexity index is 335. The number of aliphatic hydroxyl groups is 1. The minimum absolute atomic E-state index is 0.108. The van der Waals surface area contributed by atoms with E-state index in [1.54, 1.807) is 11.3 Å². The van der Waals surface area contributed by atoms with Crippen LogP contribution in [0, 0.1) is 0 Å². The zero-order valence-electron chi connectivity index (χ0n) is 9.61. The highest BCUT2D eigenvalue weighted by molar-refractivity contribution is 7.15. The van der Waals surface area contributed by atoms with Crippen LogP contribution in [0.5, 0.6) is 0 Å². The predicted molar refractivity (Wildman–Crippen MR) is 65.1 cm³/mol. The number of rotatable bonds is 4. The minimum atomic E-state index is 0.108. The molecule has 2 rings (SSSR count). The average molecular weight is 242 g/mol. The van der Waals surface area contributed by atoms with Crippen LogP contribution >= 0.6 is 11.3 Å². The second kappa shape index (κ2) is 5.61. The second-order valence-corrected chi connectivity index (χ2v) is 4.94. The number of morpholine rings is 1. The van der Waals surface area contributed by atoms with Gasteiger partial charge in [-0.2, -0.15) is 0 Å². The fraction of sp³-hybridized carbons (Fsp3) is 0.727. The molecule has 4 nitrogen and oxygen atoms in total. The van der Waals surface area contributed by atoms with Crippen molar-refractivity contribution >= 4 is 16.5 Å². The third-order valence-corrected chi connectivity index (χ3v) is 3.82. The van der Waals surface area contributed by atoms with Crippen molar-refractivity contribution in [2.75, 3.05) is 31.2 Å². The number of aliphatic hydroxyl groups excluding tert-OH is 1. The smallest absolute Gasteiger partial charge is 0.186 e. The lowest BCUT2D eigenvalue weighted by Gasteiger charge is -2.26. The van der Waals surface area contributed by atoms with Crippen LogP contribution in [0.2, 0.25) is 0 Å². The lowest BCUT2D eigenvalue weighted by molar-refractivity contribution is 0.122. The monoisotopic (exact) mass is 242 g/mol. The van der Waals surface area contributed by atoms with Gasteiger partial charge in [0.2, 0.25) is 0 Å². The molecule has 1 aliphatic heterocycles. The number of hydrogen-bond acceptors (Lipinski definition) is 5. The summed E-state index contributed by atoms with van der Waals surface area (Å²) in [5.41, 5.74) is 1.07. The highest BCUT2D eigenvalue weighted by Gasteiger charge is 2.17. The average Bonchev–Trinajstić information content (AvgIpc) is 2.74. The SMILES string of the molecule is CCCc1nc(N2CCOCC2)sc1CO. The highest BCUT2D eigenvalue weighted by Crippen LogP contribution is 2.27. The third-order valence-electron chi connectivity index (χ3n) is 2.68. The number of nitrogens with zero attached hydrogens (tertiary/aromatic N) is 2. The molecular formula is C11H18N2O2S. The Kier molecular flexibility index (Phi) is 4.15. The van der Waals surface area contributed by atoms with Gasteiger partial charge in [0.05, 0.1) is 30.4 Å². The maximum absolute atomic E-state index is 9.28. The van der Waals surface area contributed by atoms with Gasteiger partial charge in [-0.15, -0.1) is 0 Å². The van der Waals surface area contributed by atoms with Crippen molar-refractivity contribution < 1.29 is 9.84 Å². The molecule has 90 valence electrons. The number of anilines is 1. The fourth-order valence-electron chi connectivity index (χ4n) is 1.82. The van der Waals surface area contributed by atoms with Crippen LogP contribution in [0.25, 0.3) is 0 Å². The number of thiazole rings is 1. The Balaban J connectivity index is 2.14. The topological polar surface area (TPSA) is 45.6 Å². The number of aryl methyl sites for hydroxylation is 1. The van der Waals surface area contributed by atoms with Gasteiger partial charge in [-0.3, -0.25) is 0 Å². The standard InChI is InChI=1S/C11H18N2O2S/c1-2-3-9-10(8-14)16-11(12-9)13-4-6-15-7-5-13/h14H,2-8H2,1H3. The molecule has 0 spiro atoms. The van der Waals surface area contributed by atoms with Gasteiger partial charge >= 0.3 is 0 Å². The van der Waals surface area contributed by atoms with Gasteiger partial charge < -0.3 is 14.7 Å². The van der Waals surface area contributed by atoms with E-state index >= 15 is 0 Å². The number of hydrogen-bond donors (Lipinski definition) is 1. The van der Waals surface area contributed by atoms with Crippen molar-refractivity contribution in [3.8, 4) is 0 Å². The summed E-state index contributed by atoms with van der Waals surface area (Å²) in [5, 5.41) is 10.3. The number of ether oxygens (including phenoxy) is 1. The van der Waals surface area contributed by atoms with Gasteiger partial charge in [-0.25, -0.2) is 4.98 Å². The summed E-state index contributed by atoms with van der Waals surface area (Å²) < 4.78 is 5.32. The normalized spacial score (nSPS) is 16.8. The molecule has 0 amide bonds. The quantitative estimate of drug-likeness (QED) is 0.867. The zero-order chi connectivity index (χ0) is 11.4. The molecule has 0 bridgehead atoms. The Hall–Kier alpha value is -0.650. The molecule has 0 radical (unpaired) electrons. The molecule has 0 saturated carbocycles. The van der Waals surface area contributed by atoms with E-state index < -0.39 is 0 Å². The largest absolute Gasteiger partial charge is 0.391 e. The van der Waals surface area contributed by atoms with Gasteiger partial charge in [0.25, 0.3) is 0 Å². The first-order valence-electron chi connectivity index (χ1n) is 5.77. The second-order valence-electron chi connectivity index (χ2n) is 3.87. The summed E-state index contributed by atoms with van der Waals surface area (Å²) in [6.07, 6.45) is 2.02. The van der Waals surface area contributed by atoms with Crippen LogP contribution < -0.4 is 4.90 Å². The van der Waals surface area contributed by atoms with Crippen molar-refractivity contribution in [3.63, 3.8) is 0 Å². The summed E-state index contributed by atoms with van der Waals surface area (Å²) in [6, 6.07) is 0. The molecule has 1 fully saturated rings. The summed E-state index contributed by atoms with van der Waals surface area (Å²) in [7, 11) is 0. The first kappa shape index (κ1) is 11.8. The molecule has 0 atom stereocenters. The van der Waals surface area contributed by atoms with Gasteiger partial charge in [-0.1, -0.05) is 24.7 Å². The molecule has 0 aliphatic carbocycles. The number of aromatic nitrogens is 1. The van der Waals surface area contributed by atoms with E-state index in [9.17, 15) is 5.11 Å². The summed E-state index contributed by atoms with van der Waals surface area (Å²) in [6.45, 7) is 5.61. The van der Waals surface area contributed by atoms with Crippen LogP contribution in [0.15, 0.2) is 0 Å². The Morgan fingerprint density at radius 3 is 2.81 bits per heavy atom. The first-order chi connectivity index (χ1) is 7.85. The lowest BCUT2D eigenvalue weighted by Crippen LogP contribution is -2.36. The molecular weight excluding hydrogens is 224 g/mol. The lowest BCUT2D eigenvalue weighted by atomic mass is 10.2. The van der Waals surface area contributed by atoms with Crippen molar-refractivity contribution in [2.45, 2.75) is 26.4 Å². The molecule has 0 unspecified atom stereocenters. The van der Waals surface area contributed by atoms with Crippen LogP contribution in [0.4, 0.5) is 5.13 Å². The van der Waals surface area contributed by atoms with Crippen molar-refractivity contribution in [2.24, 2.45) is 0 Å². The maximum atomic E-state index is 9.28. The zero-order valence-corrected chi connectivity index (χ0v) is 10.4. The van der Waals surface area contributed by atoms with E-state index in [1.165, 1.54) is 0 Å². The molecule has 0 aromatic carbocycles. The van der Waals surface area contributed by atoms with Gasteiger partial charge in [0.15, 0.2) is 5.13 Å². The van der Waals surface area contributed by atoms with Crippen LogP contribution in [-0.2, 0) is 17.8 Å². The Morgan fingerprint density at radius 2 is 2.19 bits per heavy atom. The molecule has 2 heterocycles. The van der Waals surface area contributed by atoms with E-state index in [1.807, 2.05) is 0 Å². The van der Waals surface area contributed by atoms with Crippen LogP contribution in [-0.4, -0.2) is 36.4 Å². The fourth-order valence-corrected chi connectivity index (χ4v) is 2.83.